The number of likely N-dealkylation sites (tertiary alicyclic amines) is 1. The molecule has 3 fully saturated rings. The van der Waals surface area contributed by atoms with Crippen molar-refractivity contribution in [3.8, 4) is 0 Å². The van der Waals surface area contributed by atoms with E-state index in [4.69, 9.17) is 5.73 Å². The average Bonchev–Trinajstić information content (AvgIpc) is 3.49. The minimum atomic E-state index is -0.777. The van der Waals surface area contributed by atoms with Crippen molar-refractivity contribution in [2.75, 3.05) is 18.0 Å². The van der Waals surface area contributed by atoms with E-state index < -0.39 is 5.54 Å². The Morgan fingerprint density at radius 2 is 1.96 bits per heavy atom. The monoisotopic (exact) mass is 383 g/mol. The number of nitrogens with one attached hydrogen (secondary N) is 1. The fourth-order valence-electron chi connectivity index (χ4n) is 4.13. The molecule has 0 spiro atoms. The standard InChI is InChI=1S/C21H29N5O2/c1-14-8-10-25(11-9-14)19(22)23-13-15-4-3-5-17(12-15)26-18(27)21(2,16-6-7-16)24-20(26)28/h3-5,12,14,16H,6-11,13H2,1-2H3,(H2,22,23)(H,24,28). The Morgan fingerprint density at radius 3 is 2.64 bits per heavy atom. The summed E-state index contributed by atoms with van der Waals surface area (Å²) in [4.78, 5) is 33.3. The van der Waals surface area contributed by atoms with Gasteiger partial charge in [-0.15, -0.1) is 0 Å². The van der Waals surface area contributed by atoms with E-state index in [1.807, 2.05) is 25.1 Å². The second-order valence-electron chi connectivity index (χ2n) is 8.56. The molecular weight excluding hydrogens is 354 g/mol. The van der Waals surface area contributed by atoms with Crippen LogP contribution in [0.25, 0.3) is 0 Å². The largest absolute Gasteiger partial charge is 0.370 e. The van der Waals surface area contributed by atoms with E-state index in [1.54, 1.807) is 6.07 Å². The number of nitrogens with two attached hydrogens (primary N) is 1. The zero-order valence-electron chi connectivity index (χ0n) is 16.6. The number of piperidine rings is 1. The first-order valence-corrected chi connectivity index (χ1v) is 10.2. The quantitative estimate of drug-likeness (QED) is 0.475. The number of hydrogen-bond donors (Lipinski definition) is 2. The lowest BCUT2D eigenvalue weighted by atomic mass is 9.96. The van der Waals surface area contributed by atoms with Crippen LogP contribution < -0.4 is 16.0 Å². The van der Waals surface area contributed by atoms with Crippen molar-refractivity contribution in [3.63, 3.8) is 0 Å². The van der Waals surface area contributed by atoms with Crippen LogP contribution in [0.15, 0.2) is 29.3 Å². The first-order chi connectivity index (χ1) is 13.4. The number of aliphatic imine (C=N–C) groups is 1. The highest BCUT2D eigenvalue weighted by Gasteiger charge is 2.56. The molecule has 1 saturated carbocycles. The van der Waals surface area contributed by atoms with Gasteiger partial charge in [-0.05, 0) is 62.1 Å². The van der Waals surface area contributed by atoms with Crippen molar-refractivity contribution in [1.29, 1.82) is 0 Å². The molecule has 1 aliphatic carbocycles. The Hall–Kier alpha value is -2.57. The molecule has 0 bridgehead atoms. The van der Waals surface area contributed by atoms with Gasteiger partial charge < -0.3 is 16.0 Å². The van der Waals surface area contributed by atoms with E-state index in [0.717, 1.165) is 50.3 Å². The maximum absolute atomic E-state index is 12.9. The maximum atomic E-state index is 12.9. The highest BCUT2D eigenvalue weighted by molar-refractivity contribution is 6.23. The van der Waals surface area contributed by atoms with Crippen LogP contribution in [-0.4, -0.2) is 41.4 Å². The molecular formula is C21H29N5O2. The number of rotatable bonds is 4. The van der Waals surface area contributed by atoms with Crippen LogP contribution in [-0.2, 0) is 11.3 Å². The van der Waals surface area contributed by atoms with E-state index in [9.17, 15) is 9.59 Å². The molecule has 2 heterocycles. The van der Waals surface area contributed by atoms with Crippen LogP contribution in [0.1, 0.15) is 45.1 Å². The Bertz CT molecular complexity index is 811. The molecule has 2 aliphatic heterocycles. The average molecular weight is 383 g/mol. The minimum Gasteiger partial charge on any atom is -0.370 e. The summed E-state index contributed by atoms with van der Waals surface area (Å²) in [6.07, 6.45) is 4.24. The minimum absolute atomic E-state index is 0.164. The molecule has 4 rings (SSSR count). The molecule has 1 atom stereocenters. The van der Waals surface area contributed by atoms with Crippen LogP contribution in [0.5, 0.6) is 0 Å². The molecule has 3 amide bonds. The molecule has 1 aromatic carbocycles. The third kappa shape index (κ3) is 3.45. The molecule has 3 N–H and O–H groups in total. The lowest BCUT2D eigenvalue weighted by Crippen LogP contribution is -2.46. The molecule has 150 valence electrons. The molecule has 28 heavy (non-hydrogen) atoms. The van der Waals surface area contributed by atoms with Gasteiger partial charge in [0.25, 0.3) is 5.91 Å². The molecule has 1 unspecified atom stereocenters. The number of nitrogens with zero attached hydrogens (tertiary/aromatic N) is 3. The first kappa shape index (κ1) is 18.8. The third-order valence-corrected chi connectivity index (χ3v) is 6.31. The van der Waals surface area contributed by atoms with E-state index in [1.165, 1.54) is 4.90 Å². The summed E-state index contributed by atoms with van der Waals surface area (Å²) in [7, 11) is 0. The van der Waals surface area contributed by atoms with E-state index in [0.29, 0.717) is 18.2 Å². The van der Waals surface area contributed by atoms with Gasteiger partial charge in [0.05, 0.1) is 12.2 Å². The number of imide groups is 1. The summed E-state index contributed by atoms with van der Waals surface area (Å²) in [6.45, 7) is 6.41. The van der Waals surface area contributed by atoms with Gasteiger partial charge in [-0.2, -0.15) is 0 Å². The molecule has 7 nitrogen and oxygen atoms in total. The van der Waals surface area contributed by atoms with Crippen molar-refractivity contribution in [2.45, 2.75) is 51.6 Å². The van der Waals surface area contributed by atoms with Gasteiger partial charge in [-0.3, -0.25) is 4.79 Å². The lowest BCUT2D eigenvalue weighted by Gasteiger charge is -2.31. The number of carbonyl (C=O) groups excluding carboxylic acids is 2. The zero-order valence-corrected chi connectivity index (χ0v) is 16.6. The first-order valence-electron chi connectivity index (χ1n) is 10.2. The van der Waals surface area contributed by atoms with Crippen LogP contribution >= 0.6 is 0 Å². The van der Waals surface area contributed by atoms with Crippen molar-refractivity contribution in [2.24, 2.45) is 22.6 Å². The second kappa shape index (κ2) is 7.11. The fraction of sp³-hybridized carbons (Fsp3) is 0.571. The van der Waals surface area contributed by atoms with Crippen molar-refractivity contribution in [1.82, 2.24) is 10.2 Å². The highest BCUT2D eigenvalue weighted by Crippen LogP contribution is 2.43. The number of guanidine groups is 1. The summed E-state index contributed by atoms with van der Waals surface area (Å²) in [5, 5.41) is 2.89. The summed E-state index contributed by atoms with van der Waals surface area (Å²) >= 11 is 0. The van der Waals surface area contributed by atoms with Gasteiger partial charge >= 0.3 is 6.03 Å². The van der Waals surface area contributed by atoms with Crippen LogP contribution in [0.2, 0.25) is 0 Å². The van der Waals surface area contributed by atoms with Gasteiger partial charge in [0.15, 0.2) is 5.96 Å². The van der Waals surface area contributed by atoms with E-state index in [-0.39, 0.29) is 17.9 Å². The molecule has 1 aromatic rings. The number of benzene rings is 1. The molecule has 0 radical (unpaired) electrons. The Labute approximate surface area is 166 Å². The Kier molecular flexibility index (Phi) is 4.77. The second-order valence-corrected chi connectivity index (χ2v) is 8.56. The van der Waals surface area contributed by atoms with Crippen LogP contribution in [0.4, 0.5) is 10.5 Å². The predicted molar refractivity (Wildman–Crippen MR) is 109 cm³/mol. The lowest BCUT2D eigenvalue weighted by molar-refractivity contribution is -0.122. The van der Waals surface area contributed by atoms with Crippen molar-refractivity contribution >= 4 is 23.6 Å². The number of anilines is 1. The Balaban J connectivity index is 1.47. The molecule has 0 aromatic heterocycles. The van der Waals surface area contributed by atoms with Crippen LogP contribution in [0.3, 0.4) is 0 Å². The Morgan fingerprint density at radius 1 is 1.25 bits per heavy atom. The van der Waals surface area contributed by atoms with Gasteiger partial charge in [-0.1, -0.05) is 19.1 Å². The number of hydrogen-bond acceptors (Lipinski definition) is 3. The van der Waals surface area contributed by atoms with Gasteiger partial charge in [-0.25, -0.2) is 14.7 Å². The van der Waals surface area contributed by atoms with Crippen molar-refractivity contribution in [3.05, 3.63) is 29.8 Å². The van der Waals surface area contributed by atoms with Crippen LogP contribution in [0, 0.1) is 11.8 Å². The predicted octanol–water partition coefficient (Wildman–Crippen LogP) is 2.46. The highest BCUT2D eigenvalue weighted by atomic mass is 16.2. The zero-order chi connectivity index (χ0) is 19.9. The summed E-state index contributed by atoms with van der Waals surface area (Å²) in [6, 6.07) is 7.09. The number of urea groups is 1. The summed E-state index contributed by atoms with van der Waals surface area (Å²) < 4.78 is 0. The topological polar surface area (TPSA) is 91.0 Å². The van der Waals surface area contributed by atoms with E-state index >= 15 is 0 Å². The molecule has 7 heteroatoms. The number of carbonyl (C=O) groups is 2. The van der Waals surface area contributed by atoms with Gasteiger partial charge in [0, 0.05) is 13.1 Å². The number of amides is 3. The third-order valence-electron chi connectivity index (χ3n) is 6.31. The van der Waals surface area contributed by atoms with Gasteiger partial charge in [0.2, 0.25) is 0 Å². The summed E-state index contributed by atoms with van der Waals surface area (Å²) in [5.74, 6) is 1.39. The fourth-order valence-corrected chi connectivity index (χ4v) is 4.13. The summed E-state index contributed by atoms with van der Waals surface area (Å²) in [5.41, 5.74) is 6.90. The maximum Gasteiger partial charge on any atom is 0.329 e. The van der Waals surface area contributed by atoms with Gasteiger partial charge in [0.1, 0.15) is 5.54 Å². The van der Waals surface area contributed by atoms with Crippen molar-refractivity contribution < 1.29 is 9.59 Å². The normalized spacial score (nSPS) is 26.7. The molecule has 2 saturated heterocycles. The molecule has 3 aliphatic rings. The van der Waals surface area contributed by atoms with E-state index in [2.05, 4.69) is 22.1 Å². The smallest absolute Gasteiger partial charge is 0.329 e. The SMILES string of the molecule is CC1CCN(C(N)=NCc2cccc(N3C(=O)NC(C)(C4CC4)C3=O)c2)CC1.